The number of nitrogens with zero attached hydrogens (tertiary/aromatic N) is 1. The van der Waals surface area contributed by atoms with Crippen LogP contribution in [0.3, 0.4) is 0 Å². The van der Waals surface area contributed by atoms with E-state index in [1.54, 1.807) is 17.0 Å². The number of aliphatic carboxylic acids is 1. The highest BCUT2D eigenvalue weighted by atomic mass is 16.4. The number of carboxylic acid groups (broad SMARTS) is 1. The molecule has 2 fully saturated rings. The molecule has 4 rings (SSSR count). The Balaban J connectivity index is 1.44. The maximum absolute atomic E-state index is 13.2. The fourth-order valence-electron chi connectivity index (χ4n) is 4.33. The topological polar surface area (TPSA) is 99.9 Å². The van der Waals surface area contributed by atoms with E-state index in [4.69, 9.17) is 4.42 Å². The van der Waals surface area contributed by atoms with Crippen molar-refractivity contribution < 1.29 is 23.9 Å². The number of nitrogens with one attached hydrogen (secondary N) is 1. The SMILES string of the molecule is O=C(NC(Cc1ccccc1)C(=O)N1CCC2(CC1)CC2C(=O)O)c1ccco1. The molecular formula is C22H24N2O5. The van der Waals surface area contributed by atoms with Crippen LogP contribution in [-0.4, -0.2) is 46.9 Å². The summed E-state index contributed by atoms with van der Waals surface area (Å²) >= 11 is 0. The Morgan fingerprint density at radius 3 is 2.45 bits per heavy atom. The Kier molecular flexibility index (Phi) is 5.13. The summed E-state index contributed by atoms with van der Waals surface area (Å²) in [6.45, 7) is 1.04. The van der Waals surface area contributed by atoms with Crippen LogP contribution in [0.1, 0.15) is 35.4 Å². The van der Waals surface area contributed by atoms with Gasteiger partial charge in [-0.15, -0.1) is 0 Å². The summed E-state index contributed by atoms with van der Waals surface area (Å²) in [5, 5.41) is 12.1. The quantitative estimate of drug-likeness (QED) is 0.781. The summed E-state index contributed by atoms with van der Waals surface area (Å²) in [7, 11) is 0. The van der Waals surface area contributed by atoms with E-state index in [0.29, 0.717) is 38.8 Å². The lowest BCUT2D eigenvalue weighted by Crippen LogP contribution is -2.52. The number of carbonyl (C=O) groups is 3. The Bertz CT molecular complexity index is 885. The second-order valence-electron chi connectivity index (χ2n) is 7.98. The zero-order valence-corrected chi connectivity index (χ0v) is 16.0. The average Bonchev–Trinajstić information content (AvgIpc) is 3.15. The van der Waals surface area contributed by atoms with Crippen molar-refractivity contribution in [2.45, 2.75) is 31.7 Å². The van der Waals surface area contributed by atoms with Crippen LogP contribution >= 0.6 is 0 Å². The van der Waals surface area contributed by atoms with Crippen LogP contribution in [0.5, 0.6) is 0 Å². The van der Waals surface area contributed by atoms with Gasteiger partial charge in [0, 0.05) is 19.5 Å². The number of carboxylic acids is 1. The number of furan rings is 1. The van der Waals surface area contributed by atoms with E-state index in [0.717, 1.165) is 5.56 Å². The molecule has 1 aliphatic heterocycles. The predicted molar refractivity (Wildman–Crippen MR) is 104 cm³/mol. The van der Waals surface area contributed by atoms with Crippen LogP contribution in [0.25, 0.3) is 0 Å². The molecule has 2 unspecified atom stereocenters. The van der Waals surface area contributed by atoms with E-state index in [1.165, 1.54) is 6.26 Å². The van der Waals surface area contributed by atoms with Crippen molar-refractivity contribution in [1.82, 2.24) is 10.2 Å². The van der Waals surface area contributed by atoms with Crippen LogP contribution in [0.4, 0.5) is 0 Å². The first-order valence-electron chi connectivity index (χ1n) is 9.88. The van der Waals surface area contributed by atoms with Crippen LogP contribution in [0.15, 0.2) is 53.1 Å². The number of rotatable bonds is 6. The third-order valence-corrected chi connectivity index (χ3v) is 6.19. The van der Waals surface area contributed by atoms with Gasteiger partial charge in [0.2, 0.25) is 5.91 Å². The van der Waals surface area contributed by atoms with Crippen molar-refractivity contribution in [3.63, 3.8) is 0 Å². The second kappa shape index (κ2) is 7.73. The minimum Gasteiger partial charge on any atom is -0.481 e. The first kappa shape index (κ1) is 19.2. The van der Waals surface area contributed by atoms with Crippen molar-refractivity contribution >= 4 is 17.8 Å². The van der Waals surface area contributed by atoms with Crippen molar-refractivity contribution in [2.24, 2.45) is 11.3 Å². The minimum absolute atomic E-state index is 0.142. The van der Waals surface area contributed by atoms with Gasteiger partial charge in [0.25, 0.3) is 5.91 Å². The number of piperidine rings is 1. The fraction of sp³-hybridized carbons (Fsp3) is 0.409. The van der Waals surface area contributed by atoms with Gasteiger partial charge in [0.15, 0.2) is 5.76 Å². The molecule has 0 bridgehead atoms. The largest absolute Gasteiger partial charge is 0.481 e. The molecule has 2 N–H and O–H groups in total. The smallest absolute Gasteiger partial charge is 0.307 e. The molecule has 1 saturated heterocycles. The summed E-state index contributed by atoms with van der Waals surface area (Å²) in [4.78, 5) is 38.7. The molecule has 7 nitrogen and oxygen atoms in total. The van der Waals surface area contributed by atoms with E-state index in [-0.39, 0.29) is 23.0 Å². The predicted octanol–water partition coefficient (Wildman–Crippen LogP) is 2.33. The number of amides is 2. The minimum atomic E-state index is -0.738. The second-order valence-corrected chi connectivity index (χ2v) is 7.98. The van der Waals surface area contributed by atoms with Crippen LogP contribution in [0.2, 0.25) is 0 Å². The summed E-state index contributed by atoms with van der Waals surface area (Å²) in [6, 6.07) is 12.0. The monoisotopic (exact) mass is 396 g/mol. The molecule has 2 aliphatic rings. The van der Waals surface area contributed by atoms with E-state index in [9.17, 15) is 19.5 Å². The molecule has 1 saturated carbocycles. The van der Waals surface area contributed by atoms with Gasteiger partial charge in [-0.2, -0.15) is 0 Å². The fourth-order valence-corrected chi connectivity index (χ4v) is 4.33. The van der Waals surface area contributed by atoms with Gasteiger partial charge < -0.3 is 19.7 Å². The highest BCUT2D eigenvalue weighted by Gasteiger charge is 2.59. The van der Waals surface area contributed by atoms with E-state index < -0.39 is 17.9 Å². The lowest BCUT2D eigenvalue weighted by molar-refractivity contribution is -0.140. The third kappa shape index (κ3) is 4.04. The van der Waals surface area contributed by atoms with Gasteiger partial charge in [-0.05, 0) is 42.4 Å². The van der Waals surface area contributed by atoms with Crippen LogP contribution in [0, 0.1) is 11.3 Å². The van der Waals surface area contributed by atoms with Crippen molar-refractivity contribution in [1.29, 1.82) is 0 Å². The summed E-state index contributed by atoms with van der Waals surface area (Å²) in [5.41, 5.74) is 0.807. The maximum atomic E-state index is 13.2. The molecule has 1 aliphatic carbocycles. The van der Waals surface area contributed by atoms with Crippen LogP contribution in [-0.2, 0) is 16.0 Å². The number of hydrogen-bond donors (Lipinski definition) is 2. The van der Waals surface area contributed by atoms with E-state index >= 15 is 0 Å². The number of benzene rings is 1. The molecule has 2 atom stereocenters. The molecule has 2 amide bonds. The van der Waals surface area contributed by atoms with Gasteiger partial charge >= 0.3 is 5.97 Å². The van der Waals surface area contributed by atoms with E-state index in [1.807, 2.05) is 30.3 Å². The molecule has 152 valence electrons. The molecule has 0 radical (unpaired) electrons. The first-order chi connectivity index (χ1) is 14.0. The number of carbonyl (C=O) groups excluding carboxylic acids is 2. The zero-order valence-electron chi connectivity index (χ0n) is 16.0. The van der Waals surface area contributed by atoms with Crippen molar-refractivity contribution in [3.8, 4) is 0 Å². The molecule has 1 aromatic heterocycles. The Hall–Kier alpha value is -3.09. The maximum Gasteiger partial charge on any atom is 0.307 e. The average molecular weight is 396 g/mol. The standard InChI is InChI=1S/C22H24N2O5/c25-19(18-7-4-12-29-18)23-17(13-15-5-2-1-3-6-15)20(26)24-10-8-22(9-11-24)14-16(22)21(27)28/h1-7,12,16-17H,8-11,13-14H2,(H,23,25)(H,27,28). The van der Waals surface area contributed by atoms with Crippen molar-refractivity contribution in [2.75, 3.05) is 13.1 Å². The zero-order chi connectivity index (χ0) is 20.4. The van der Waals surface area contributed by atoms with Gasteiger partial charge in [-0.3, -0.25) is 14.4 Å². The summed E-state index contributed by atoms with van der Waals surface area (Å²) < 4.78 is 5.15. The molecule has 7 heteroatoms. The lowest BCUT2D eigenvalue weighted by Gasteiger charge is -2.35. The first-order valence-corrected chi connectivity index (χ1v) is 9.88. The molecular weight excluding hydrogens is 372 g/mol. The third-order valence-electron chi connectivity index (χ3n) is 6.19. The molecule has 1 spiro atoms. The lowest BCUT2D eigenvalue weighted by atomic mass is 9.90. The van der Waals surface area contributed by atoms with Gasteiger partial charge in [-0.1, -0.05) is 30.3 Å². The Morgan fingerprint density at radius 2 is 1.86 bits per heavy atom. The Labute approximate surface area is 168 Å². The molecule has 2 aromatic rings. The normalized spacial score (nSPS) is 20.8. The van der Waals surface area contributed by atoms with Gasteiger partial charge in [0.05, 0.1) is 12.2 Å². The summed E-state index contributed by atoms with van der Waals surface area (Å²) in [5.74, 6) is -1.42. The summed E-state index contributed by atoms with van der Waals surface area (Å²) in [6.07, 6.45) is 3.89. The van der Waals surface area contributed by atoms with Gasteiger partial charge in [-0.25, -0.2) is 0 Å². The highest BCUT2D eigenvalue weighted by molar-refractivity contribution is 5.95. The molecule has 29 heavy (non-hydrogen) atoms. The Morgan fingerprint density at radius 1 is 1.14 bits per heavy atom. The number of hydrogen-bond acceptors (Lipinski definition) is 4. The van der Waals surface area contributed by atoms with Crippen molar-refractivity contribution in [3.05, 3.63) is 60.1 Å². The molecule has 2 heterocycles. The molecule has 1 aromatic carbocycles. The number of likely N-dealkylation sites (tertiary alicyclic amines) is 1. The van der Waals surface area contributed by atoms with Crippen LogP contribution < -0.4 is 5.32 Å². The highest BCUT2D eigenvalue weighted by Crippen LogP contribution is 2.59. The van der Waals surface area contributed by atoms with Gasteiger partial charge in [0.1, 0.15) is 6.04 Å². The van der Waals surface area contributed by atoms with E-state index in [2.05, 4.69) is 5.32 Å².